The molecule has 6 nitrogen and oxygen atoms in total. The van der Waals surface area contributed by atoms with Gasteiger partial charge in [-0.05, 0) is 63.3 Å². The Balaban J connectivity index is 2.02. The second-order valence-electron chi connectivity index (χ2n) is 7.98. The van der Waals surface area contributed by atoms with Gasteiger partial charge in [-0.2, -0.15) is 0 Å². The average molecular weight is 373 g/mol. The molecule has 1 aliphatic rings. The second kappa shape index (κ2) is 9.02. The lowest BCUT2D eigenvalue weighted by Crippen LogP contribution is -2.47. The van der Waals surface area contributed by atoms with Gasteiger partial charge in [-0.1, -0.05) is 19.8 Å². The van der Waals surface area contributed by atoms with Crippen LogP contribution in [0, 0.1) is 5.92 Å². The third kappa shape index (κ3) is 6.08. The second-order valence-corrected chi connectivity index (χ2v) is 7.98. The fourth-order valence-electron chi connectivity index (χ4n) is 3.30. The third-order valence-corrected chi connectivity index (χ3v) is 5.26. The Hall–Kier alpha value is -2.37. The van der Waals surface area contributed by atoms with Crippen LogP contribution in [-0.4, -0.2) is 29.3 Å². The van der Waals surface area contributed by atoms with Gasteiger partial charge in [0.15, 0.2) is 0 Å². The summed E-state index contributed by atoms with van der Waals surface area (Å²) in [4.78, 5) is 36.5. The number of benzene rings is 1. The van der Waals surface area contributed by atoms with Crippen molar-refractivity contribution >= 4 is 23.4 Å². The first-order valence-corrected chi connectivity index (χ1v) is 9.72. The van der Waals surface area contributed by atoms with Gasteiger partial charge in [-0.3, -0.25) is 14.4 Å². The molecule has 3 N–H and O–H groups in total. The van der Waals surface area contributed by atoms with Gasteiger partial charge < -0.3 is 16.0 Å². The molecular weight excluding hydrogens is 342 g/mol. The highest BCUT2D eigenvalue weighted by Gasteiger charge is 2.31. The first kappa shape index (κ1) is 20.9. The average Bonchev–Trinajstić information content (AvgIpc) is 3.14. The van der Waals surface area contributed by atoms with Crippen LogP contribution in [0.1, 0.15) is 70.2 Å². The quantitative estimate of drug-likeness (QED) is 0.686. The van der Waals surface area contributed by atoms with Crippen molar-refractivity contribution in [1.29, 1.82) is 0 Å². The van der Waals surface area contributed by atoms with Crippen LogP contribution in [0.3, 0.4) is 0 Å². The molecule has 0 unspecified atom stereocenters. The minimum atomic E-state index is -0.515. The SMILES string of the molecule is CCC(C)(C)NC(=O)c1ccc(NC(=O)[C@H](NC(C)=O)C2CCCC2)cc1. The molecule has 1 atom stereocenters. The number of nitrogens with one attached hydrogen (secondary N) is 3. The van der Waals surface area contributed by atoms with Crippen LogP contribution in [0.15, 0.2) is 24.3 Å². The molecule has 3 amide bonds. The van der Waals surface area contributed by atoms with Crippen LogP contribution < -0.4 is 16.0 Å². The Morgan fingerprint density at radius 3 is 2.22 bits per heavy atom. The van der Waals surface area contributed by atoms with E-state index in [0.717, 1.165) is 32.1 Å². The largest absolute Gasteiger partial charge is 0.347 e. The summed E-state index contributed by atoms with van der Waals surface area (Å²) in [5, 5.41) is 8.64. The molecule has 0 aromatic heterocycles. The molecule has 0 bridgehead atoms. The van der Waals surface area contributed by atoms with E-state index >= 15 is 0 Å². The van der Waals surface area contributed by atoms with Crippen LogP contribution in [-0.2, 0) is 9.59 Å². The lowest BCUT2D eigenvalue weighted by atomic mass is 9.97. The van der Waals surface area contributed by atoms with Crippen molar-refractivity contribution in [1.82, 2.24) is 10.6 Å². The fourth-order valence-corrected chi connectivity index (χ4v) is 3.30. The van der Waals surface area contributed by atoms with Crippen molar-refractivity contribution in [3.8, 4) is 0 Å². The van der Waals surface area contributed by atoms with Gasteiger partial charge in [0.25, 0.3) is 5.91 Å². The van der Waals surface area contributed by atoms with E-state index in [1.807, 2.05) is 20.8 Å². The molecule has 0 saturated heterocycles. The Kier molecular flexibility index (Phi) is 6.99. The van der Waals surface area contributed by atoms with E-state index in [2.05, 4.69) is 16.0 Å². The van der Waals surface area contributed by atoms with Crippen molar-refractivity contribution < 1.29 is 14.4 Å². The van der Waals surface area contributed by atoms with E-state index in [0.29, 0.717) is 11.3 Å². The summed E-state index contributed by atoms with van der Waals surface area (Å²) >= 11 is 0. The predicted octanol–water partition coefficient (Wildman–Crippen LogP) is 3.24. The lowest BCUT2D eigenvalue weighted by Gasteiger charge is -2.24. The fraction of sp³-hybridized carbons (Fsp3) is 0.571. The lowest BCUT2D eigenvalue weighted by molar-refractivity contribution is -0.126. The number of amides is 3. The standard InChI is InChI=1S/C21H31N3O3/c1-5-21(3,4)24-19(26)16-10-12-17(13-11-16)23-20(27)18(22-14(2)25)15-8-6-7-9-15/h10-13,15,18H,5-9H2,1-4H3,(H,22,25)(H,23,27)(H,24,26)/t18-/m1/s1. The molecule has 1 aromatic rings. The summed E-state index contributed by atoms with van der Waals surface area (Å²) in [5.41, 5.74) is 0.889. The molecule has 0 spiro atoms. The van der Waals surface area contributed by atoms with E-state index in [-0.39, 0.29) is 29.2 Å². The van der Waals surface area contributed by atoms with E-state index < -0.39 is 6.04 Å². The number of carbonyl (C=O) groups excluding carboxylic acids is 3. The highest BCUT2D eigenvalue weighted by Crippen LogP contribution is 2.28. The van der Waals surface area contributed by atoms with Gasteiger partial charge in [-0.25, -0.2) is 0 Å². The molecule has 1 fully saturated rings. The molecule has 27 heavy (non-hydrogen) atoms. The van der Waals surface area contributed by atoms with E-state index in [1.54, 1.807) is 24.3 Å². The smallest absolute Gasteiger partial charge is 0.251 e. The molecule has 6 heteroatoms. The van der Waals surface area contributed by atoms with Crippen LogP contribution in [0.2, 0.25) is 0 Å². The van der Waals surface area contributed by atoms with Crippen LogP contribution >= 0.6 is 0 Å². The zero-order valence-corrected chi connectivity index (χ0v) is 16.7. The number of hydrogen-bond acceptors (Lipinski definition) is 3. The zero-order chi connectivity index (χ0) is 20.0. The first-order chi connectivity index (χ1) is 12.7. The van der Waals surface area contributed by atoms with E-state index in [9.17, 15) is 14.4 Å². The van der Waals surface area contributed by atoms with Gasteiger partial charge in [0.2, 0.25) is 11.8 Å². The van der Waals surface area contributed by atoms with Crippen LogP contribution in [0.4, 0.5) is 5.69 Å². The molecule has 1 aromatic carbocycles. The summed E-state index contributed by atoms with van der Waals surface area (Å²) in [6, 6.07) is 6.30. The number of hydrogen-bond donors (Lipinski definition) is 3. The Bertz CT molecular complexity index is 676. The van der Waals surface area contributed by atoms with Crippen molar-refractivity contribution in [3.63, 3.8) is 0 Å². The van der Waals surface area contributed by atoms with Gasteiger partial charge in [0, 0.05) is 23.7 Å². The van der Waals surface area contributed by atoms with E-state index in [4.69, 9.17) is 0 Å². The maximum absolute atomic E-state index is 12.7. The van der Waals surface area contributed by atoms with Gasteiger partial charge in [0.1, 0.15) is 6.04 Å². The first-order valence-electron chi connectivity index (χ1n) is 9.72. The molecule has 148 valence electrons. The Morgan fingerprint density at radius 2 is 1.70 bits per heavy atom. The summed E-state index contributed by atoms with van der Waals surface area (Å²) in [6.45, 7) is 7.41. The molecule has 0 radical (unpaired) electrons. The van der Waals surface area contributed by atoms with Crippen molar-refractivity contribution in [2.45, 2.75) is 71.4 Å². The predicted molar refractivity (Wildman–Crippen MR) is 106 cm³/mol. The molecule has 1 saturated carbocycles. The highest BCUT2D eigenvalue weighted by atomic mass is 16.2. The number of rotatable bonds is 7. The normalized spacial score (nSPS) is 15.9. The Morgan fingerprint density at radius 1 is 1.11 bits per heavy atom. The minimum absolute atomic E-state index is 0.137. The van der Waals surface area contributed by atoms with Crippen molar-refractivity contribution in [2.24, 2.45) is 5.92 Å². The maximum Gasteiger partial charge on any atom is 0.251 e. The molecule has 0 aliphatic heterocycles. The molecule has 2 rings (SSSR count). The van der Waals surface area contributed by atoms with E-state index in [1.165, 1.54) is 6.92 Å². The molecular formula is C21H31N3O3. The summed E-state index contributed by atoms with van der Waals surface area (Å²) in [5.74, 6) is -0.369. The summed E-state index contributed by atoms with van der Waals surface area (Å²) < 4.78 is 0. The van der Waals surface area contributed by atoms with Crippen molar-refractivity contribution in [2.75, 3.05) is 5.32 Å². The van der Waals surface area contributed by atoms with Crippen LogP contribution in [0.5, 0.6) is 0 Å². The van der Waals surface area contributed by atoms with Gasteiger partial charge >= 0.3 is 0 Å². The zero-order valence-electron chi connectivity index (χ0n) is 16.7. The van der Waals surface area contributed by atoms with Gasteiger partial charge in [-0.15, -0.1) is 0 Å². The number of carbonyl (C=O) groups is 3. The van der Waals surface area contributed by atoms with Crippen molar-refractivity contribution in [3.05, 3.63) is 29.8 Å². The summed E-state index contributed by atoms with van der Waals surface area (Å²) in [7, 11) is 0. The Labute approximate surface area is 161 Å². The molecule has 0 heterocycles. The van der Waals surface area contributed by atoms with Gasteiger partial charge in [0.05, 0.1) is 0 Å². The maximum atomic E-state index is 12.7. The third-order valence-electron chi connectivity index (χ3n) is 5.26. The minimum Gasteiger partial charge on any atom is -0.347 e. The van der Waals surface area contributed by atoms with Crippen LogP contribution in [0.25, 0.3) is 0 Å². The monoisotopic (exact) mass is 373 g/mol. The molecule has 1 aliphatic carbocycles. The topological polar surface area (TPSA) is 87.3 Å². The highest BCUT2D eigenvalue weighted by molar-refractivity contribution is 5.98. The number of anilines is 1. The summed E-state index contributed by atoms with van der Waals surface area (Å²) in [6.07, 6.45) is 4.91.